The van der Waals surface area contributed by atoms with Gasteiger partial charge in [0, 0.05) is 6.54 Å². The molecule has 1 unspecified atom stereocenters. The van der Waals surface area contributed by atoms with E-state index in [1.165, 1.54) is 36.7 Å². The van der Waals surface area contributed by atoms with Crippen molar-refractivity contribution in [2.75, 3.05) is 32.0 Å². The summed E-state index contributed by atoms with van der Waals surface area (Å²) in [5.41, 5.74) is 0.507. The molecule has 1 fully saturated rings. The van der Waals surface area contributed by atoms with E-state index in [9.17, 15) is 13.2 Å². The second-order valence-electron chi connectivity index (χ2n) is 6.57. The highest BCUT2D eigenvalue weighted by atomic mass is 32.2. The molecule has 2 aromatic rings. The van der Waals surface area contributed by atoms with Gasteiger partial charge in [0.05, 0.1) is 32.0 Å². The molecule has 2 aromatic carbocycles. The maximum Gasteiger partial charge on any atom is 0.337 e. The predicted molar refractivity (Wildman–Crippen MR) is 109 cm³/mol. The van der Waals surface area contributed by atoms with Crippen molar-refractivity contribution < 1.29 is 27.4 Å². The van der Waals surface area contributed by atoms with E-state index in [0.29, 0.717) is 18.7 Å². The van der Waals surface area contributed by atoms with Crippen molar-refractivity contribution in [3.8, 4) is 11.5 Å². The molecule has 9 heteroatoms. The van der Waals surface area contributed by atoms with E-state index in [-0.39, 0.29) is 29.6 Å². The van der Waals surface area contributed by atoms with E-state index >= 15 is 0 Å². The highest BCUT2D eigenvalue weighted by Crippen LogP contribution is 2.28. The zero-order valence-electron chi connectivity index (χ0n) is 16.3. The minimum atomic E-state index is -3.83. The van der Waals surface area contributed by atoms with Crippen LogP contribution in [-0.2, 0) is 14.9 Å². The molecule has 0 saturated carbocycles. The zero-order chi connectivity index (χ0) is 20.9. The van der Waals surface area contributed by atoms with Gasteiger partial charge in [-0.1, -0.05) is 18.2 Å². The molecule has 3 rings (SSSR count). The van der Waals surface area contributed by atoms with Crippen molar-refractivity contribution in [1.29, 1.82) is 0 Å². The first kappa shape index (κ1) is 20.9. The molecule has 0 aliphatic carbocycles. The zero-order valence-corrected chi connectivity index (χ0v) is 17.1. The molecule has 29 heavy (non-hydrogen) atoms. The second kappa shape index (κ2) is 9.15. The number of ether oxygens (including phenoxy) is 3. The Hall–Kier alpha value is -2.78. The molecule has 0 aromatic heterocycles. The number of carbonyl (C=O) groups is 1. The van der Waals surface area contributed by atoms with E-state index in [2.05, 4.69) is 9.46 Å². The Balaban J connectivity index is 1.72. The van der Waals surface area contributed by atoms with Gasteiger partial charge in [0.25, 0.3) is 0 Å². The fraction of sp³-hybridized carbons (Fsp3) is 0.350. The molecule has 1 atom stereocenters. The lowest BCUT2D eigenvalue weighted by atomic mass is 10.1. The van der Waals surface area contributed by atoms with E-state index in [1.807, 2.05) is 30.3 Å². The van der Waals surface area contributed by atoms with E-state index in [4.69, 9.17) is 9.47 Å². The number of nitrogens with one attached hydrogen (secondary N) is 1. The maximum absolute atomic E-state index is 12.9. The molecule has 1 heterocycles. The molecule has 0 amide bonds. The third-order valence-electron chi connectivity index (χ3n) is 4.59. The largest absolute Gasteiger partial charge is 0.495 e. The van der Waals surface area contributed by atoms with Crippen LogP contribution in [0, 0.1) is 0 Å². The van der Waals surface area contributed by atoms with Crippen LogP contribution in [0.1, 0.15) is 23.2 Å². The molecule has 1 N–H and O–H groups in total. The van der Waals surface area contributed by atoms with Crippen LogP contribution in [0.5, 0.6) is 11.5 Å². The SMILES string of the molecule is COC(=O)c1ccc(NS(=O)(=O)N2CCCC(Oc3ccccc3)C2)c(OC)c1. The van der Waals surface area contributed by atoms with Crippen LogP contribution in [0.4, 0.5) is 5.69 Å². The van der Waals surface area contributed by atoms with Gasteiger partial charge < -0.3 is 14.2 Å². The molecule has 1 aliphatic heterocycles. The Morgan fingerprint density at radius 2 is 1.90 bits per heavy atom. The van der Waals surface area contributed by atoms with Gasteiger partial charge in [-0.2, -0.15) is 12.7 Å². The average Bonchev–Trinajstić information content (AvgIpc) is 2.74. The van der Waals surface area contributed by atoms with Gasteiger partial charge >= 0.3 is 16.2 Å². The number of hydrogen-bond acceptors (Lipinski definition) is 6. The number of benzene rings is 2. The Morgan fingerprint density at radius 1 is 1.14 bits per heavy atom. The maximum atomic E-state index is 12.9. The lowest BCUT2D eigenvalue weighted by molar-refractivity contribution is 0.0600. The number of piperidine rings is 1. The number of methoxy groups -OCH3 is 2. The minimum Gasteiger partial charge on any atom is -0.495 e. The summed E-state index contributed by atoms with van der Waals surface area (Å²) in [6, 6.07) is 13.7. The molecular formula is C20H24N2O6S. The number of para-hydroxylation sites is 1. The summed E-state index contributed by atoms with van der Waals surface area (Å²) in [7, 11) is -1.15. The average molecular weight is 420 g/mol. The van der Waals surface area contributed by atoms with E-state index in [0.717, 1.165) is 6.42 Å². The number of carbonyl (C=O) groups excluding carboxylic acids is 1. The molecule has 1 saturated heterocycles. The second-order valence-corrected chi connectivity index (χ2v) is 8.24. The third kappa shape index (κ3) is 5.18. The fourth-order valence-electron chi connectivity index (χ4n) is 3.13. The van der Waals surface area contributed by atoms with E-state index in [1.54, 1.807) is 0 Å². The van der Waals surface area contributed by atoms with Crippen molar-refractivity contribution in [2.45, 2.75) is 18.9 Å². The fourth-order valence-corrected chi connectivity index (χ4v) is 4.44. The summed E-state index contributed by atoms with van der Waals surface area (Å²) >= 11 is 0. The number of esters is 1. The lowest BCUT2D eigenvalue weighted by Gasteiger charge is -2.32. The van der Waals surface area contributed by atoms with Crippen LogP contribution < -0.4 is 14.2 Å². The highest BCUT2D eigenvalue weighted by Gasteiger charge is 2.30. The van der Waals surface area contributed by atoms with Crippen molar-refractivity contribution in [2.24, 2.45) is 0 Å². The number of rotatable bonds is 7. The Morgan fingerprint density at radius 3 is 2.59 bits per heavy atom. The van der Waals surface area contributed by atoms with Crippen molar-refractivity contribution in [3.63, 3.8) is 0 Å². The molecule has 0 spiro atoms. The summed E-state index contributed by atoms with van der Waals surface area (Å²) < 4.78 is 45.6. The molecule has 0 radical (unpaired) electrons. The molecular weight excluding hydrogens is 396 g/mol. The van der Waals surface area contributed by atoms with Crippen LogP contribution >= 0.6 is 0 Å². The minimum absolute atomic E-state index is 0.227. The van der Waals surface area contributed by atoms with Gasteiger partial charge in [-0.05, 0) is 43.2 Å². The molecule has 1 aliphatic rings. The van der Waals surface area contributed by atoms with Crippen LogP contribution in [0.15, 0.2) is 48.5 Å². The van der Waals surface area contributed by atoms with Gasteiger partial charge in [0.2, 0.25) is 0 Å². The van der Waals surface area contributed by atoms with Crippen molar-refractivity contribution >= 4 is 21.9 Å². The van der Waals surface area contributed by atoms with Gasteiger partial charge in [0.1, 0.15) is 17.6 Å². The number of hydrogen-bond donors (Lipinski definition) is 1. The van der Waals surface area contributed by atoms with Gasteiger partial charge in [0.15, 0.2) is 0 Å². The third-order valence-corrected chi connectivity index (χ3v) is 6.08. The van der Waals surface area contributed by atoms with Crippen LogP contribution in [-0.4, -0.2) is 52.1 Å². The predicted octanol–water partition coefficient (Wildman–Crippen LogP) is 2.68. The van der Waals surface area contributed by atoms with Crippen molar-refractivity contribution in [1.82, 2.24) is 4.31 Å². The summed E-state index contributed by atoms with van der Waals surface area (Å²) in [5, 5.41) is 0. The Labute approximate surface area is 170 Å². The first-order valence-corrected chi connectivity index (χ1v) is 10.6. The molecule has 0 bridgehead atoms. The quantitative estimate of drug-likeness (QED) is 0.692. The lowest BCUT2D eigenvalue weighted by Crippen LogP contribution is -2.46. The normalized spacial score (nSPS) is 17.4. The van der Waals surface area contributed by atoms with Crippen LogP contribution in [0.2, 0.25) is 0 Å². The summed E-state index contributed by atoms with van der Waals surface area (Å²) in [5.74, 6) is 0.407. The van der Waals surface area contributed by atoms with Crippen LogP contribution in [0.3, 0.4) is 0 Å². The van der Waals surface area contributed by atoms with Gasteiger partial charge in [-0.15, -0.1) is 0 Å². The van der Waals surface area contributed by atoms with E-state index < -0.39 is 16.2 Å². The topological polar surface area (TPSA) is 94.2 Å². The molecule has 156 valence electrons. The standard InChI is InChI=1S/C20H24N2O6S/c1-26-19-13-15(20(23)27-2)10-11-18(19)21-29(24,25)22-12-6-9-17(14-22)28-16-7-4-3-5-8-16/h3-5,7-8,10-11,13,17,21H,6,9,12,14H2,1-2H3. The summed E-state index contributed by atoms with van der Waals surface area (Å²) in [6.07, 6.45) is 1.24. The summed E-state index contributed by atoms with van der Waals surface area (Å²) in [4.78, 5) is 11.7. The first-order chi connectivity index (χ1) is 13.9. The van der Waals surface area contributed by atoms with Gasteiger partial charge in [-0.3, -0.25) is 4.72 Å². The number of nitrogens with zero attached hydrogens (tertiary/aromatic N) is 1. The Bertz CT molecular complexity index is 949. The smallest absolute Gasteiger partial charge is 0.337 e. The van der Waals surface area contributed by atoms with Crippen LogP contribution in [0.25, 0.3) is 0 Å². The number of anilines is 1. The monoisotopic (exact) mass is 420 g/mol. The molecule has 8 nitrogen and oxygen atoms in total. The Kier molecular flexibility index (Phi) is 6.60. The highest BCUT2D eigenvalue weighted by molar-refractivity contribution is 7.90. The summed E-state index contributed by atoms with van der Waals surface area (Å²) in [6.45, 7) is 0.638. The van der Waals surface area contributed by atoms with Gasteiger partial charge in [-0.25, -0.2) is 4.79 Å². The van der Waals surface area contributed by atoms with Crippen molar-refractivity contribution in [3.05, 3.63) is 54.1 Å². The first-order valence-electron chi connectivity index (χ1n) is 9.19.